The molecule has 30 heavy (non-hydrogen) atoms. The van der Waals surface area contributed by atoms with Crippen LogP contribution in [0.4, 0.5) is 5.69 Å². The van der Waals surface area contributed by atoms with Gasteiger partial charge in [0, 0.05) is 16.8 Å². The third-order valence-electron chi connectivity index (χ3n) is 4.56. The predicted octanol–water partition coefficient (Wildman–Crippen LogP) is 4.44. The molecule has 0 saturated carbocycles. The number of rotatable bonds is 6. The van der Waals surface area contributed by atoms with Crippen molar-refractivity contribution in [3.8, 4) is 5.75 Å². The number of ketones is 1. The van der Waals surface area contributed by atoms with Crippen LogP contribution in [0.5, 0.6) is 5.75 Å². The summed E-state index contributed by atoms with van der Waals surface area (Å²) < 4.78 is 5.49. The first-order chi connectivity index (χ1) is 14.4. The van der Waals surface area contributed by atoms with Gasteiger partial charge in [-0.1, -0.05) is 54.6 Å². The van der Waals surface area contributed by atoms with Gasteiger partial charge in [-0.2, -0.15) is 0 Å². The molecule has 2 N–H and O–H groups in total. The number of carbonyl (C=O) groups excluding carboxylic acids is 3. The van der Waals surface area contributed by atoms with E-state index in [0.717, 1.165) is 0 Å². The topological polar surface area (TPSA) is 92.7 Å². The molecule has 1 amide bonds. The standard InChI is InChI=1S/C24H21NO5/c1-15-8-6-13-20(21(15)27)24(29)30-22(17-9-4-3-5-10-17)23(28)25-19-12-7-11-18(14-19)16(2)26/h3-14,22,27H,1-2H3,(H,25,28). The van der Waals surface area contributed by atoms with Crippen molar-refractivity contribution in [2.45, 2.75) is 20.0 Å². The molecule has 0 radical (unpaired) electrons. The smallest absolute Gasteiger partial charge is 0.343 e. The number of hydrogen-bond acceptors (Lipinski definition) is 5. The fraction of sp³-hybridized carbons (Fsp3) is 0.125. The monoisotopic (exact) mass is 403 g/mol. The molecule has 0 saturated heterocycles. The fourth-order valence-electron chi connectivity index (χ4n) is 2.92. The second-order valence-electron chi connectivity index (χ2n) is 6.79. The van der Waals surface area contributed by atoms with Gasteiger partial charge in [0.1, 0.15) is 11.3 Å². The van der Waals surface area contributed by atoms with Gasteiger partial charge in [0.15, 0.2) is 5.78 Å². The maximum atomic E-state index is 13.0. The second-order valence-corrected chi connectivity index (χ2v) is 6.79. The third kappa shape index (κ3) is 4.72. The number of aromatic hydroxyl groups is 1. The van der Waals surface area contributed by atoms with Crippen molar-refractivity contribution < 1.29 is 24.2 Å². The van der Waals surface area contributed by atoms with Crippen molar-refractivity contribution in [1.82, 2.24) is 0 Å². The maximum absolute atomic E-state index is 13.0. The number of hydrogen-bond donors (Lipinski definition) is 2. The Labute approximate surface area is 174 Å². The first kappa shape index (κ1) is 20.8. The number of phenolic OH excluding ortho intramolecular Hbond substituents is 1. The zero-order chi connectivity index (χ0) is 21.7. The van der Waals surface area contributed by atoms with Crippen LogP contribution in [0.15, 0.2) is 72.8 Å². The van der Waals surface area contributed by atoms with Crippen molar-refractivity contribution in [2.75, 3.05) is 5.32 Å². The summed E-state index contributed by atoms with van der Waals surface area (Å²) in [6.07, 6.45) is -1.25. The molecule has 0 aliphatic rings. The van der Waals surface area contributed by atoms with E-state index in [1.54, 1.807) is 73.7 Å². The Morgan fingerprint density at radius 3 is 2.33 bits per heavy atom. The van der Waals surface area contributed by atoms with Crippen LogP contribution in [0.1, 0.15) is 44.9 Å². The molecule has 0 aromatic heterocycles. The van der Waals surface area contributed by atoms with Crippen LogP contribution in [0, 0.1) is 6.92 Å². The van der Waals surface area contributed by atoms with Gasteiger partial charge in [0.05, 0.1) is 0 Å². The Kier molecular flexibility index (Phi) is 6.27. The van der Waals surface area contributed by atoms with Crippen molar-refractivity contribution in [2.24, 2.45) is 0 Å². The van der Waals surface area contributed by atoms with Crippen molar-refractivity contribution in [1.29, 1.82) is 0 Å². The van der Waals surface area contributed by atoms with Crippen LogP contribution >= 0.6 is 0 Å². The molecule has 152 valence electrons. The van der Waals surface area contributed by atoms with Crippen molar-refractivity contribution >= 4 is 23.3 Å². The number of amides is 1. The number of anilines is 1. The maximum Gasteiger partial charge on any atom is 0.343 e. The molecule has 6 heteroatoms. The van der Waals surface area contributed by atoms with Crippen LogP contribution in [0.25, 0.3) is 0 Å². The number of phenols is 1. The van der Waals surface area contributed by atoms with Crippen LogP contribution in [0.2, 0.25) is 0 Å². The molecule has 1 atom stereocenters. The van der Waals surface area contributed by atoms with Crippen LogP contribution in [-0.4, -0.2) is 22.8 Å². The number of para-hydroxylation sites is 1. The summed E-state index contributed by atoms with van der Waals surface area (Å²) >= 11 is 0. The molecule has 1 unspecified atom stereocenters. The molecule has 3 rings (SSSR count). The molecular formula is C24H21NO5. The Balaban J connectivity index is 1.88. The third-order valence-corrected chi connectivity index (χ3v) is 4.56. The minimum absolute atomic E-state index is 0.0256. The van der Waals surface area contributed by atoms with Gasteiger partial charge >= 0.3 is 5.97 Å². The second kappa shape index (κ2) is 9.05. The molecule has 0 bridgehead atoms. The summed E-state index contributed by atoms with van der Waals surface area (Å²) in [4.78, 5) is 37.3. The zero-order valence-electron chi connectivity index (χ0n) is 16.6. The highest BCUT2D eigenvalue weighted by Crippen LogP contribution is 2.26. The summed E-state index contributed by atoms with van der Waals surface area (Å²) in [5.74, 6) is -1.73. The minimum Gasteiger partial charge on any atom is -0.507 e. The van der Waals surface area contributed by atoms with E-state index in [-0.39, 0.29) is 17.1 Å². The lowest BCUT2D eigenvalue weighted by atomic mass is 10.1. The Morgan fingerprint density at radius 2 is 1.63 bits per heavy atom. The number of aryl methyl sites for hydroxylation is 1. The highest BCUT2D eigenvalue weighted by molar-refractivity contribution is 6.00. The first-order valence-corrected chi connectivity index (χ1v) is 9.33. The lowest BCUT2D eigenvalue weighted by Gasteiger charge is -2.19. The van der Waals surface area contributed by atoms with Gasteiger partial charge in [-0.15, -0.1) is 0 Å². The highest BCUT2D eigenvalue weighted by atomic mass is 16.5. The normalized spacial score (nSPS) is 11.4. The van der Waals surface area contributed by atoms with Crippen LogP contribution in [0.3, 0.4) is 0 Å². The number of Topliss-reactive ketones (excluding diaryl/α,β-unsaturated/α-hetero) is 1. The quantitative estimate of drug-likeness (QED) is 0.469. The van der Waals surface area contributed by atoms with Gasteiger partial charge in [-0.05, 0) is 37.6 Å². The highest BCUT2D eigenvalue weighted by Gasteiger charge is 2.27. The van der Waals surface area contributed by atoms with Crippen molar-refractivity contribution in [3.05, 3.63) is 95.1 Å². The van der Waals surface area contributed by atoms with Gasteiger partial charge in [0.2, 0.25) is 6.10 Å². The summed E-state index contributed by atoms with van der Waals surface area (Å²) in [5.41, 5.74) is 1.82. The van der Waals surface area contributed by atoms with E-state index < -0.39 is 18.0 Å². The first-order valence-electron chi connectivity index (χ1n) is 9.33. The number of ether oxygens (including phenoxy) is 1. The number of esters is 1. The average molecular weight is 403 g/mol. The van der Waals surface area contributed by atoms with Gasteiger partial charge < -0.3 is 15.2 Å². The zero-order valence-corrected chi connectivity index (χ0v) is 16.6. The SMILES string of the molecule is CC(=O)c1cccc(NC(=O)C(OC(=O)c2cccc(C)c2O)c2ccccc2)c1. The minimum atomic E-state index is -1.25. The number of benzene rings is 3. The van der Waals surface area contributed by atoms with E-state index in [1.165, 1.54) is 13.0 Å². The average Bonchev–Trinajstić information content (AvgIpc) is 2.74. The van der Waals surface area contributed by atoms with Gasteiger partial charge in [-0.25, -0.2) is 4.79 Å². The number of carbonyl (C=O) groups is 3. The molecule has 6 nitrogen and oxygen atoms in total. The molecule has 0 aliphatic carbocycles. The molecule has 0 fully saturated rings. The van der Waals surface area contributed by atoms with Gasteiger partial charge in [0.25, 0.3) is 5.91 Å². The number of nitrogens with one attached hydrogen (secondary N) is 1. The van der Waals surface area contributed by atoms with Crippen LogP contribution < -0.4 is 5.32 Å². The summed E-state index contributed by atoms with van der Waals surface area (Å²) in [7, 11) is 0. The summed E-state index contributed by atoms with van der Waals surface area (Å²) in [6, 6.07) is 19.8. The molecule has 3 aromatic carbocycles. The van der Waals surface area contributed by atoms with E-state index in [2.05, 4.69) is 5.32 Å². The van der Waals surface area contributed by atoms with E-state index in [4.69, 9.17) is 4.74 Å². The van der Waals surface area contributed by atoms with Crippen LogP contribution in [-0.2, 0) is 9.53 Å². The molecule has 0 spiro atoms. The fourth-order valence-corrected chi connectivity index (χ4v) is 2.92. The molecule has 0 aliphatic heterocycles. The Morgan fingerprint density at radius 1 is 0.933 bits per heavy atom. The lowest BCUT2D eigenvalue weighted by molar-refractivity contribution is -0.125. The van der Waals surface area contributed by atoms with E-state index >= 15 is 0 Å². The Bertz CT molecular complexity index is 1090. The predicted molar refractivity (Wildman–Crippen MR) is 113 cm³/mol. The van der Waals surface area contributed by atoms with Gasteiger partial charge in [-0.3, -0.25) is 9.59 Å². The van der Waals surface area contributed by atoms with E-state index in [1.807, 2.05) is 0 Å². The molecule has 3 aromatic rings. The summed E-state index contributed by atoms with van der Waals surface area (Å²) in [6.45, 7) is 3.10. The van der Waals surface area contributed by atoms with E-state index in [9.17, 15) is 19.5 Å². The molecule has 0 heterocycles. The van der Waals surface area contributed by atoms with Crippen molar-refractivity contribution in [3.63, 3.8) is 0 Å². The largest absolute Gasteiger partial charge is 0.507 e. The molecular weight excluding hydrogens is 382 g/mol. The Hall–Kier alpha value is -3.93. The van der Waals surface area contributed by atoms with E-state index in [0.29, 0.717) is 22.4 Å². The lowest BCUT2D eigenvalue weighted by Crippen LogP contribution is -2.26. The summed E-state index contributed by atoms with van der Waals surface area (Å²) in [5, 5.41) is 12.9.